The third kappa shape index (κ3) is 4.58. The minimum atomic E-state index is -0.318. The summed E-state index contributed by atoms with van der Waals surface area (Å²) in [5, 5.41) is 10.1. The maximum Gasteiger partial charge on any atom is 0.255 e. The number of amides is 2. The molecule has 3 aromatic rings. The van der Waals surface area contributed by atoms with Gasteiger partial charge in [-0.2, -0.15) is 5.10 Å². The molecule has 2 aromatic carbocycles. The highest BCUT2D eigenvalue weighted by atomic mass is 19.1. The van der Waals surface area contributed by atoms with E-state index in [0.717, 1.165) is 23.5 Å². The summed E-state index contributed by atoms with van der Waals surface area (Å²) in [5.41, 5.74) is 3.92. The van der Waals surface area contributed by atoms with E-state index in [9.17, 15) is 14.0 Å². The number of halogens is 1. The molecule has 0 atom stereocenters. The predicted octanol–water partition coefficient (Wildman–Crippen LogP) is 2.44. The minimum absolute atomic E-state index is 0.0236. The first kappa shape index (κ1) is 20.6. The third-order valence-electron chi connectivity index (χ3n) is 5.31. The fourth-order valence-corrected chi connectivity index (χ4v) is 3.67. The standard InChI is InChI=1S/C23H24FN5O2/c1-2-21-20(14-27-29(21)19-9-5-17(24)6-10-19)23(31)26-13-16-3-7-18(8-4-16)28-12-11-25-22(30)15-28/h3-10,14H,2,11-13,15H2,1H3,(H,25,30)(H,26,31). The summed E-state index contributed by atoms with van der Waals surface area (Å²) in [4.78, 5) is 26.4. The van der Waals surface area contributed by atoms with Crippen LogP contribution >= 0.6 is 0 Å². The molecular weight excluding hydrogens is 397 g/mol. The van der Waals surface area contributed by atoms with Crippen molar-refractivity contribution >= 4 is 17.5 Å². The van der Waals surface area contributed by atoms with Gasteiger partial charge in [0, 0.05) is 25.3 Å². The monoisotopic (exact) mass is 421 g/mol. The Morgan fingerprint density at radius 2 is 1.84 bits per heavy atom. The van der Waals surface area contributed by atoms with Crippen LogP contribution in [0.3, 0.4) is 0 Å². The normalized spacial score (nSPS) is 13.7. The van der Waals surface area contributed by atoms with Crippen LogP contribution in [0, 0.1) is 5.82 Å². The number of nitrogens with zero attached hydrogens (tertiary/aromatic N) is 3. The number of rotatable bonds is 6. The number of carbonyl (C=O) groups is 2. The van der Waals surface area contributed by atoms with Crippen molar-refractivity contribution in [2.45, 2.75) is 19.9 Å². The first-order valence-electron chi connectivity index (χ1n) is 10.3. The molecule has 7 nitrogen and oxygen atoms in total. The van der Waals surface area contributed by atoms with E-state index in [1.807, 2.05) is 36.1 Å². The van der Waals surface area contributed by atoms with E-state index in [4.69, 9.17) is 0 Å². The van der Waals surface area contributed by atoms with Crippen molar-refractivity contribution in [2.24, 2.45) is 0 Å². The van der Waals surface area contributed by atoms with Crippen molar-refractivity contribution < 1.29 is 14.0 Å². The van der Waals surface area contributed by atoms with Gasteiger partial charge >= 0.3 is 0 Å². The van der Waals surface area contributed by atoms with E-state index in [1.165, 1.54) is 12.1 Å². The van der Waals surface area contributed by atoms with Crippen LogP contribution in [0.1, 0.15) is 28.5 Å². The van der Waals surface area contributed by atoms with Gasteiger partial charge < -0.3 is 15.5 Å². The molecule has 8 heteroatoms. The summed E-state index contributed by atoms with van der Waals surface area (Å²) in [7, 11) is 0. The number of hydrogen-bond acceptors (Lipinski definition) is 4. The first-order valence-corrected chi connectivity index (χ1v) is 10.3. The van der Waals surface area contributed by atoms with Crippen LogP contribution < -0.4 is 15.5 Å². The Morgan fingerprint density at radius 1 is 1.13 bits per heavy atom. The van der Waals surface area contributed by atoms with Gasteiger partial charge in [0.25, 0.3) is 5.91 Å². The number of anilines is 1. The molecule has 160 valence electrons. The number of carbonyl (C=O) groups excluding carboxylic acids is 2. The van der Waals surface area contributed by atoms with Gasteiger partial charge in [0.15, 0.2) is 0 Å². The Morgan fingerprint density at radius 3 is 2.52 bits per heavy atom. The van der Waals surface area contributed by atoms with Crippen molar-refractivity contribution in [3.63, 3.8) is 0 Å². The smallest absolute Gasteiger partial charge is 0.255 e. The van der Waals surface area contributed by atoms with Crippen LogP contribution in [0.25, 0.3) is 5.69 Å². The van der Waals surface area contributed by atoms with E-state index in [0.29, 0.717) is 37.3 Å². The molecule has 2 heterocycles. The van der Waals surface area contributed by atoms with Crippen LogP contribution in [0.2, 0.25) is 0 Å². The fraction of sp³-hybridized carbons (Fsp3) is 0.261. The number of piperazine rings is 1. The number of benzene rings is 2. The molecule has 1 aromatic heterocycles. The summed E-state index contributed by atoms with van der Waals surface area (Å²) in [6, 6.07) is 13.8. The second-order valence-corrected chi connectivity index (χ2v) is 7.37. The van der Waals surface area contributed by atoms with E-state index in [1.54, 1.807) is 23.0 Å². The lowest BCUT2D eigenvalue weighted by atomic mass is 10.1. The molecule has 0 unspecified atom stereocenters. The number of nitrogens with one attached hydrogen (secondary N) is 2. The largest absolute Gasteiger partial charge is 0.360 e. The van der Waals surface area contributed by atoms with Crippen molar-refractivity contribution in [1.82, 2.24) is 20.4 Å². The molecule has 1 fully saturated rings. The summed E-state index contributed by atoms with van der Waals surface area (Å²) < 4.78 is 14.9. The number of hydrogen-bond donors (Lipinski definition) is 2. The van der Waals surface area contributed by atoms with E-state index in [2.05, 4.69) is 15.7 Å². The van der Waals surface area contributed by atoms with Gasteiger partial charge in [0.1, 0.15) is 5.82 Å². The van der Waals surface area contributed by atoms with Crippen molar-refractivity contribution in [3.8, 4) is 5.69 Å². The average Bonchev–Trinajstić information content (AvgIpc) is 3.22. The molecule has 0 spiro atoms. The minimum Gasteiger partial charge on any atom is -0.360 e. The zero-order valence-electron chi connectivity index (χ0n) is 17.3. The maximum absolute atomic E-state index is 13.2. The van der Waals surface area contributed by atoms with Crippen LogP contribution in [0.15, 0.2) is 54.7 Å². The van der Waals surface area contributed by atoms with Crippen molar-refractivity contribution in [3.05, 3.63) is 77.4 Å². The Kier molecular flexibility index (Phi) is 5.97. The van der Waals surface area contributed by atoms with E-state index < -0.39 is 0 Å². The van der Waals surface area contributed by atoms with Gasteiger partial charge in [0.05, 0.1) is 29.7 Å². The third-order valence-corrected chi connectivity index (χ3v) is 5.31. The van der Waals surface area contributed by atoms with E-state index >= 15 is 0 Å². The topological polar surface area (TPSA) is 79.3 Å². The summed E-state index contributed by atoms with van der Waals surface area (Å²) in [6.45, 7) is 4.10. The zero-order valence-corrected chi connectivity index (χ0v) is 17.3. The van der Waals surface area contributed by atoms with E-state index in [-0.39, 0.29) is 17.6 Å². The molecule has 1 aliphatic heterocycles. The van der Waals surface area contributed by atoms with Gasteiger partial charge in [-0.15, -0.1) is 0 Å². The molecule has 1 saturated heterocycles. The molecule has 0 saturated carbocycles. The molecule has 0 aliphatic carbocycles. The summed E-state index contributed by atoms with van der Waals surface area (Å²) in [5.74, 6) is -0.501. The molecule has 1 aliphatic rings. The molecule has 2 amide bonds. The van der Waals surface area contributed by atoms with Crippen molar-refractivity contribution in [1.29, 1.82) is 0 Å². The highest BCUT2D eigenvalue weighted by Gasteiger charge is 2.18. The van der Waals surface area contributed by atoms with Crippen LogP contribution in [-0.2, 0) is 17.8 Å². The second kappa shape index (κ2) is 8.99. The zero-order chi connectivity index (χ0) is 21.8. The Hall–Kier alpha value is -3.68. The molecule has 0 radical (unpaired) electrons. The summed E-state index contributed by atoms with van der Waals surface area (Å²) >= 11 is 0. The SMILES string of the molecule is CCc1c(C(=O)NCc2ccc(N3CCNC(=O)C3)cc2)cnn1-c1ccc(F)cc1. The van der Waals surface area contributed by atoms with Gasteiger partial charge in [-0.25, -0.2) is 9.07 Å². The fourth-order valence-electron chi connectivity index (χ4n) is 3.67. The Labute approximate surface area is 179 Å². The lowest BCUT2D eigenvalue weighted by molar-refractivity contribution is -0.120. The lowest BCUT2D eigenvalue weighted by Crippen LogP contribution is -2.47. The highest BCUT2D eigenvalue weighted by molar-refractivity contribution is 5.95. The number of aromatic nitrogens is 2. The lowest BCUT2D eigenvalue weighted by Gasteiger charge is -2.28. The Bertz CT molecular complexity index is 1080. The molecule has 0 bridgehead atoms. The van der Waals surface area contributed by atoms with Gasteiger partial charge in [-0.05, 0) is 48.4 Å². The van der Waals surface area contributed by atoms with Gasteiger partial charge in [0.2, 0.25) is 5.91 Å². The maximum atomic E-state index is 13.2. The summed E-state index contributed by atoms with van der Waals surface area (Å²) in [6.07, 6.45) is 2.15. The second-order valence-electron chi connectivity index (χ2n) is 7.37. The average molecular weight is 421 g/mol. The Balaban J connectivity index is 1.42. The van der Waals surface area contributed by atoms with Crippen LogP contribution in [-0.4, -0.2) is 41.2 Å². The molecular formula is C23H24FN5O2. The van der Waals surface area contributed by atoms with Crippen molar-refractivity contribution in [2.75, 3.05) is 24.5 Å². The first-order chi connectivity index (χ1) is 15.0. The molecule has 2 N–H and O–H groups in total. The van der Waals surface area contributed by atoms with Crippen LogP contribution in [0.4, 0.5) is 10.1 Å². The predicted molar refractivity (Wildman–Crippen MR) is 116 cm³/mol. The van der Waals surface area contributed by atoms with Gasteiger partial charge in [-0.1, -0.05) is 19.1 Å². The van der Waals surface area contributed by atoms with Gasteiger partial charge in [-0.3, -0.25) is 9.59 Å². The highest BCUT2D eigenvalue weighted by Crippen LogP contribution is 2.18. The quantitative estimate of drug-likeness (QED) is 0.641. The van der Waals surface area contributed by atoms with Crippen LogP contribution in [0.5, 0.6) is 0 Å². The molecule has 31 heavy (non-hydrogen) atoms. The molecule has 4 rings (SSSR count).